The Morgan fingerprint density at radius 2 is 2.17 bits per heavy atom. The summed E-state index contributed by atoms with van der Waals surface area (Å²) in [7, 11) is 0. The van der Waals surface area contributed by atoms with Crippen LogP contribution in [0.15, 0.2) is 18.2 Å². The van der Waals surface area contributed by atoms with Crippen molar-refractivity contribution in [3.63, 3.8) is 0 Å². The molecule has 1 rings (SSSR count). The van der Waals surface area contributed by atoms with Crippen LogP contribution in [0, 0.1) is 6.92 Å². The summed E-state index contributed by atoms with van der Waals surface area (Å²) in [4.78, 5) is 0. The number of aryl methyl sites for hydroxylation is 1. The Hall–Kier alpha value is -0.530. The van der Waals surface area contributed by atoms with E-state index in [4.69, 9.17) is 16.7 Å². The molecule has 66 valence electrons. The molecule has 0 bridgehead atoms. The molecule has 0 saturated heterocycles. The predicted octanol–water partition coefficient (Wildman–Crippen LogP) is 2.57. The second-order valence-electron chi connectivity index (χ2n) is 3.12. The van der Waals surface area contributed by atoms with Crippen LogP contribution in [-0.4, -0.2) is 11.2 Å². The van der Waals surface area contributed by atoms with Crippen molar-refractivity contribution >= 4 is 11.6 Å². The van der Waals surface area contributed by atoms with E-state index in [0.29, 0.717) is 6.42 Å². The largest absolute Gasteiger partial charge is 0.393 e. The number of aliphatic hydroxyl groups is 1. The van der Waals surface area contributed by atoms with Crippen molar-refractivity contribution in [1.82, 2.24) is 0 Å². The Kier molecular flexibility index (Phi) is 3.12. The fourth-order valence-electron chi connectivity index (χ4n) is 1.21. The van der Waals surface area contributed by atoms with Gasteiger partial charge in [0.15, 0.2) is 0 Å². The van der Waals surface area contributed by atoms with Crippen LogP contribution in [-0.2, 0) is 6.42 Å². The Bertz CT molecular complexity index is 269. The highest BCUT2D eigenvalue weighted by Crippen LogP contribution is 2.16. The van der Waals surface area contributed by atoms with Gasteiger partial charge in [0, 0.05) is 5.02 Å². The fourth-order valence-corrected chi connectivity index (χ4v) is 1.43. The van der Waals surface area contributed by atoms with E-state index in [1.165, 1.54) is 0 Å². The summed E-state index contributed by atoms with van der Waals surface area (Å²) < 4.78 is 0. The highest BCUT2D eigenvalue weighted by atomic mass is 35.5. The molecule has 1 aromatic rings. The highest BCUT2D eigenvalue weighted by Gasteiger charge is 2.02. The first-order chi connectivity index (χ1) is 5.59. The Labute approximate surface area is 78.0 Å². The molecule has 0 aliphatic heterocycles. The van der Waals surface area contributed by atoms with E-state index in [1.54, 1.807) is 6.92 Å². The normalized spacial score (nSPS) is 13.0. The molecule has 12 heavy (non-hydrogen) atoms. The van der Waals surface area contributed by atoms with Crippen molar-refractivity contribution < 1.29 is 5.11 Å². The lowest BCUT2D eigenvalue weighted by molar-refractivity contribution is 0.195. The Balaban J connectivity index is 2.86. The zero-order chi connectivity index (χ0) is 9.14. The maximum Gasteiger partial charge on any atom is 0.0552 e. The second kappa shape index (κ2) is 3.92. The van der Waals surface area contributed by atoms with Gasteiger partial charge in [-0.05, 0) is 43.5 Å². The van der Waals surface area contributed by atoms with Gasteiger partial charge in [0.2, 0.25) is 0 Å². The number of rotatable bonds is 2. The minimum atomic E-state index is -0.287. The van der Waals surface area contributed by atoms with Crippen molar-refractivity contribution in [3.05, 3.63) is 34.3 Å². The van der Waals surface area contributed by atoms with Crippen LogP contribution in [0.25, 0.3) is 0 Å². The molecular weight excluding hydrogens is 172 g/mol. The minimum absolute atomic E-state index is 0.287. The average Bonchev–Trinajstić information content (AvgIpc) is 1.94. The van der Waals surface area contributed by atoms with Gasteiger partial charge in [-0.25, -0.2) is 0 Å². The van der Waals surface area contributed by atoms with E-state index in [-0.39, 0.29) is 6.10 Å². The van der Waals surface area contributed by atoms with Crippen LogP contribution in [0.5, 0.6) is 0 Å². The Morgan fingerprint density at radius 3 is 2.67 bits per heavy atom. The number of halogens is 1. The van der Waals surface area contributed by atoms with E-state index in [0.717, 1.165) is 16.1 Å². The van der Waals surface area contributed by atoms with Gasteiger partial charge in [0.25, 0.3) is 0 Å². The van der Waals surface area contributed by atoms with E-state index in [9.17, 15) is 0 Å². The lowest BCUT2D eigenvalue weighted by Crippen LogP contribution is -2.05. The first-order valence-corrected chi connectivity index (χ1v) is 4.40. The quantitative estimate of drug-likeness (QED) is 0.749. The van der Waals surface area contributed by atoms with Gasteiger partial charge in [-0.2, -0.15) is 0 Å². The molecule has 0 saturated carbocycles. The molecule has 0 aliphatic rings. The van der Waals surface area contributed by atoms with Gasteiger partial charge in [-0.3, -0.25) is 0 Å². The van der Waals surface area contributed by atoms with Crippen LogP contribution < -0.4 is 0 Å². The van der Waals surface area contributed by atoms with Crippen molar-refractivity contribution in [1.29, 1.82) is 0 Å². The molecule has 1 atom stereocenters. The van der Waals surface area contributed by atoms with E-state index >= 15 is 0 Å². The minimum Gasteiger partial charge on any atom is -0.393 e. The van der Waals surface area contributed by atoms with Gasteiger partial charge in [0.1, 0.15) is 0 Å². The summed E-state index contributed by atoms with van der Waals surface area (Å²) in [6.45, 7) is 3.79. The molecule has 0 radical (unpaired) electrons. The lowest BCUT2D eigenvalue weighted by Gasteiger charge is -2.07. The molecule has 0 heterocycles. The standard InChI is InChI=1S/C10H13ClO/c1-7-5-10(11)4-3-9(7)6-8(2)12/h3-5,8,12H,6H2,1-2H3/t8-/m1/s1. The number of aliphatic hydroxyl groups excluding tert-OH is 1. The van der Waals surface area contributed by atoms with E-state index < -0.39 is 0 Å². The first kappa shape index (κ1) is 9.56. The van der Waals surface area contributed by atoms with Crippen LogP contribution in [0.2, 0.25) is 5.02 Å². The second-order valence-corrected chi connectivity index (χ2v) is 3.56. The molecule has 0 aromatic heterocycles. The monoisotopic (exact) mass is 184 g/mol. The Morgan fingerprint density at radius 1 is 1.50 bits per heavy atom. The first-order valence-electron chi connectivity index (χ1n) is 4.02. The van der Waals surface area contributed by atoms with Gasteiger partial charge < -0.3 is 5.11 Å². The van der Waals surface area contributed by atoms with Crippen molar-refractivity contribution in [3.8, 4) is 0 Å². The summed E-state index contributed by atoms with van der Waals surface area (Å²) in [5.41, 5.74) is 2.30. The average molecular weight is 185 g/mol. The maximum absolute atomic E-state index is 9.17. The molecule has 0 aliphatic carbocycles. The lowest BCUT2D eigenvalue weighted by atomic mass is 10.0. The third kappa shape index (κ3) is 2.50. The summed E-state index contributed by atoms with van der Waals surface area (Å²) in [5, 5.41) is 9.92. The molecule has 1 nitrogen and oxygen atoms in total. The molecule has 0 fully saturated rings. The number of hydrogen-bond acceptors (Lipinski definition) is 1. The van der Waals surface area contributed by atoms with Crippen LogP contribution >= 0.6 is 11.6 Å². The zero-order valence-corrected chi connectivity index (χ0v) is 8.10. The van der Waals surface area contributed by atoms with Crippen LogP contribution in [0.4, 0.5) is 0 Å². The third-order valence-corrected chi connectivity index (χ3v) is 2.06. The molecular formula is C10H13ClO. The molecule has 0 unspecified atom stereocenters. The smallest absolute Gasteiger partial charge is 0.0552 e. The zero-order valence-electron chi connectivity index (χ0n) is 7.34. The highest BCUT2D eigenvalue weighted by molar-refractivity contribution is 6.30. The summed E-state index contributed by atoms with van der Waals surface area (Å²) in [6.07, 6.45) is 0.410. The molecule has 2 heteroatoms. The van der Waals surface area contributed by atoms with Crippen molar-refractivity contribution in [2.45, 2.75) is 26.4 Å². The van der Waals surface area contributed by atoms with E-state index in [2.05, 4.69) is 0 Å². The number of hydrogen-bond donors (Lipinski definition) is 1. The van der Waals surface area contributed by atoms with Crippen LogP contribution in [0.1, 0.15) is 18.1 Å². The van der Waals surface area contributed by atoms with Gasteiger partial charge in [-0.15, -0.1) is 0 Å². The topological polar surface area (TPSA) is 20.2 Å². The molecule has 1 aromatic carbocycles. The van der Waals surface area contributed by atoms with Gasteiger partial charge in [0.05, 0.1) is 6.10 Å². The third-order valence-electron chi connectivity index (χ3n) is 1.82. The van der Waals surface area contributed by atoms with Gasteiger partial charge >= 0.3 is 0 Å². The molecule has 0 spiro atoms. The summed E-state index contributed by atoms with van der Waals surface area (Å²) in [6, 6.07) is 5.73. The summed E-state index contributed by atoms with van der Waals surface area (Å²) in [5.74, 6) is 0. The molecule has 1 N–H and O–H groups in total. The van der Waals surface area contributed by atoms with Crippen molar-refractivity contribution in [2.75, 3.05) is 0 Å². The molecule has 0 amide bonds. The summed E-state index contributed by atoms with van der Waals surface area (Å²) >= 11 is 5.79. The SMILES string of the molecule is Cc1cc(Cl)ccc1C[C@@H](C)O. The number of benzene rings is 1. The van der Waals surface area contributed by atoms with E-state index in [1.807, 2.05) is 25.1 Å². The fraction of sp³-hybridized carbons (Fsp3) is 0.400. The predicted molar refractivity (Wildman–Crippen MR) is 51.6 cm³/mol. The van der Waals surface area contributed by atoms with Gasteiger partial charge in [-0.1, -0.05) is 17.7 Å². The van der Waals surface area contributed by atoms with Crippen molar-refractivity contribution in [2.24, 2.45) is 0 Å². The maximum atomic E-state index is 9.17. The van der Waals surface area contributed by atoms with Crippen LogP contribution in [0.3, 0.4) is 0 Å².